The zero-order valence-corrected chi connectivity index (χ0v) is 18.1. The highest BCUT2D eigenvalue weighted by atomic mass is 16.5. The third-order valence-electron chi connectivity index (χ3n) is 5.27. The minimum Gasteiger partial charge on any atom is -0.496 e. The Morgan fingerprint density at radius 1 is 1.09 bits per heavy atom. The molecule has 2 N–H and O–H groups in total. The molecule has 2 aromatic carbocycles. The third-order valence-corrected chi connectivity index (χ3v) is 5.27. The summed E-state index contributed by atoms with van der Waals surface area (Å²) < 4.78 is 10.2. The quantitative estimate of drug-likeness (QED) is 0.638. The Labute approximate surface area is 185 Å². The van der Waals surface area contributed by atoms with Crippen molar-refractivity contribution in [2.24, 2.45) is 5.92 Å². The van der Waals surface area contributed by atoms with Crippen molar-refractivity contribution in [1.82, 2.24) is 10.4 Å². The van der Waals surface area contributed by atoms with Gasteiger partial charge in [0.1, 0.15) is 5.75 Å². The first kappa shape index (κ1) is 22.8. The molecular formula is C23H25N3O6. The van der Waals surface area contributed by atoms with Crippen LogP contribution in [0, 0.1) is 19.8 Å². The summed E-state index contributed by atoms with van der Waals surface area (Å²) in [6.07, 6.45) is -0.121. The topological polar surface area (TPSA) is 114 Å². The van der Waals surface area contributed by atoms with Crippen LogP contribution < -0.4 is 15.5 Å². The van der Waals surface area contributed by atoms with Crippen LogP contribution in [0.3, 0.4) is 0 Å². The van der Waals surface area contributed by atoms with Gasteiger partial charge in [-0.2, -0.15) is 0 Å². The first-order chi connectivity index (χ1) is 15.3. The number of hydrogen-bond acceptors (Lipinski definition) is 6. The second kappa shape index (κ2) is 9.95. The van der Waals surface area contributed by atoms with Crippen molar-refractivity contribution >= 4 is 29.4 Å². The van der Waals surface area contributed by atoms with Gasteiger partial charge in [-0.25, -0.2) is 0 Å². The summed E-state index contributed by atoms with van der Waals surface area (Å²) in [6.45, 7) is 3.30. The summed E-state index contributed by atoms with van der Waals surface area (Å²) in [5.41, 5.74) is 5.35. The number of amides is 3. The monoisotopic (exact) mass is 439 g/mol. The minimum atomic E-state index is -0.783. The van der Waals surface area contributed by atoms with Crippen molar-refractivity contribution in [1.29, 1.82) is 0 Å². The number of hydrazine groups is 1. The Hall–Kier alpha value is -3.88. The molecule has 9 nitrogen and oxygen atoms in total. The lowest BCUT2D eigenvalue weighted by molar-refractivity contribution is -0.151. The van der Waals surface area contributed by atoms with Gasteiger partial charge in [0.25, 0.3) is 11.8 Å². The maximum Gasteiger partial charge on any atom is 0.311 e. The number of ether oxygens (including phenoxy) is 2. The molecule has 32 heavy (non-hydrogen) atoms. The SMILES string of the molecule is COc1ccccc1C(=O)NN1C[C@H](C(=O)OCC(=O)Nc2cccc(C)c2C)CC1=O. The fraction of sp³-hybridized carbons (Fsp3) is 0.304. The lowest BCUT2D eigenvalue weighted by Crippen LogP contribution is -2.43. The van der Waals surface area contributed by atoms with Gasteiger partial charge >= 0.3 is 5.97 Å². The van der Waals surface area contributed by atoms with Crippen molar-refractivity contribution in [3.8, 4) is 5.75 Å². The fourth-order valence-electron chi connectivity index (χ4n) is 3.32. The van der Waals surface area contributed by atoms with E-state index in [9.17, 15) is 19.2 Å². The number of para-hydroxylation sites is 1. The maximum atomic E-state index is 12.5. The lowest BCUT2D eigenvalue weighted by Gasteiger charge is -2.18. The van der Waals surface area contributed by atoms with Gasteiger partial charge in [0, 0.05) is 12.1 Å². The number of hydrogen-bond donors (Lipinski definition) is 2. The average Bonchev–Trinajstić information content (AvgIpc) is 3.15. The fourth-order valence-corrected chi connectivity index (χ4v) is 3.32. The molecule has 3 amide bonds. The molecule has 0 saturated carbocycles. The molecule has 2 aromatic rings. The maximum absolute atomic E-state index is 12.5. The molecule has 1 aliphatic rings. The Morgan fingerprint density at radius 3 is 2.59 bits per heavy atom. The Morgan fingerprint density at radius 2 is 1.84 bits per heavy atom. The summed E-state index contributed by atoms with van der Waals surface area (Å²) in [4.78, 5) is 49.2. The van der Waals surface area contributed by atoms with Gasteiger partial charge in [-0.05, 0) is 43.2 Å². The van der Waals surface area contributed by atoms with Gasteiger partial charge in [-0.1, -0.05) is 24.3 Å². The predicted molar refractivity (Wildman–Crippen MR) is 116 cm³/mol. The molecule has 1 aliphatic heterocycles. The van der Waals surface area contributed by atoms with Crippen LogP contribution in [0.4, 0.5) is 5.69 Å². The summed E-state index contributed by atoms with van der Waals surface area (Å²) in [5.74, 6) is -2.52. The van der Waals surface area contributed by atoms with Gasteiger partial charge < -0.3 is 14.8 Å². The number of rotatable bonds is 7. The predicted octanol–water partition coefficient (Wildman–Crippen LogP) is 1.99. The average molecular weight is 439 g/mol. The zero-order valence-electron chi connectivity index (χ0n) is 18.1. The third kappa shape index (κ3) is 5.23. The van der Waals surface area contributed by atoms with Crippen molar-refractivity contribution in [3.05, 3.63) is 59.2 Å². The molecule has 0 radical (unpaired) electrons. The molecule has 0 unspecified atom stereocenters. The van der Waals surface area contributed by atoms with E-state index in [1.165, 1.54) is 7.11 Å². The van der Waals surface area contributed by atoms with Gasteiger partial charge in [0.2, 0.25) is 5.91 Å². The van der Waals surface area contributed by atoms with Crippen molar-refractivity contribution < 1.29 is 28.7 Å². The standard InChI is InChI=1S/C23H25N3O6/c1-14-7-6-9-18(15(14)2)24-20(27)13-32-23(30)16-11-21(28)26(12-16)25-22(29)17-8-4-5-10-19(17)31-3/h4-10,16H,11-13H2,1-3H3,(H,24,27)(H,25,29)/t16-/m1/s1. The van der Waals surface area contributed by atoms with Crippen LogP contribution in [0.5, 0.6) is 5.75 Å². The van der Waals surface area contributed by atoms with Crippen LogP contribution in [0.15, 0.2) is 42.5 Å². The zero-order chi connectivity index (χ0) is 23.3. The number of anilines is 1. The van der Waals surface area contributed by atoms with E-state index in [0.29, 0.717) is 11.4 Å². The number of carbonyl (C=O) groups is 4. The van der Waals surface area contributed by atoms with E-state index in [1.54, 1.807) is 30.3 Å². The first-order valence-corrected chi connectivity index (χ1v) is 10.1. The number of methoxy groups -OCH3 is 1. The molecule has 1 fully saturated rings. The van der Waals surface area contributed by atoms with Crippen LogP contribution >= 0.6 is 0 Å². The van der Waals surface area contributed by atoms with Crippen LogP contribution in [-0.2, 0) is 19.1 Å². The highest BCUT2D eigenvalue weighted by Gasteiger charge is 2.37. The van der Waals surface area contributed by atoms with Crippen molar-refractivity contribution in [2.45, 2.75) is 20.3 Å². The van der Waals surface area contributed by atoms with E-state index in [0.717, 1.165) is 16.1 Å². The highest BCUT2D eigenvalue weighted by molar-refractivity contribution is 5.99. The van der Waals surface area contributed by atoms with Gasteiger partial charge in [-0.15, -0.1) is 0 Å². The molecule has 0 aromatic heterocycles. The van der Waals surface area contributed by atoms with E-state index < -0.39 is 36.2 Å². The largest absolute Gasteiger partial charge is 0.496 e. The van der Waals surface area contributed by atoms with Crippen molar-refractivity contribution in [3.63, 3.8) is 0 Å². The minimum absolute atomic E-state index is 0.0445. The molecule has 1 saturated heterocycles. The van der Waals surface area contributed by atoms with E-state index >= 15 is 0 Å². The van der Waals surface area contributed by atoms with E-state index in [-0.39, 0.29) is 18.5 Å². The second-order valence-electron chi connectivity index (χ2n) is 7.45. The van der Waals surface area contributed by atoms with Gasteiger partial charge in [0.15, 0.2) is 6.61 Å². The molecule has 9 heteroatoms. The molecular weight excluding hydrogens is 414 g/mol. The number of nitrogens with one attached hydrogen (secondary N) is 2. The van der Waals surface area contributed by atoms with E-state index in [1.807, 2.05) is 26.0 Å². The van der Waals surface area contributed by atoms with Crippen molar-refractivity contribution in [2.75, 3.05) is 25.6 Å². The lowest BCUT2D eigenvalue weighted by atomic mass is 10.1. The molecule has 1 atom stereocenters. The molecule has 1 heterocycles. The number of nitrogens with zero attached hydrogens (tertiary/aromatic N) is 1. The summed E-state index contributed by atoms with van der Waals surface area (Å²) >= 11 is 0. The van der Waals surface area contributed by atoms with Crippen LogP contribution in [-0.4, -0.2) is 49.0 Å². The summed E-state index contributed by atoms with van der Waals surface area (Å²) in [7, 11) is 1.44. The molecule has 0 aliphatic carbocycles. The van der Waals surface area contributed by atoms with E-state index in [2.05, 4.69) is 10.7 Å². The normalized spacial score (nSPS) is 15.3. The Balaban J connectivity index is 1.52. The number of carbonyl (C=O) groups excluding carboxylic acids is 4. The summed E-state index contributed by atoms with van der Waals surface area (Å²) in [6, 6.07) is 12.1. The number of aryl methyl sites for hydroxylation is 1. The second-order valence-corrected chi connectivity index (χ2v) is 7.45. The Kier molecular flexibility index (Phi) is 7.09. The summed E-state index contributed by atoms with van der Waals surface area (Å²) in [5, 5.41) is 3.79. The molecule has 3 rings (SSSR count). The number of benzene rings is 2. The van der Waals surface area contributed by atoms with Crippen LogP contribution in [0.2, 0.25) is 0 Å². The first-order valence-electron chi connectivity index (χ1n) is 10.1. The molecule has 168 valence electrons. The Bertz CT molecular complexity index is 1050. The smallest absolute Gasteiger partial charge is 0.311 e. The van der Waals surface area contributed by atoms with Crippen LogP contribution in [0.25, 0.3) is 0 Å². The van der Waals surface area contributed by atoms with E-state index in [4.69, 9.17) is 9.47 Å². The molecule has 0 bridgehead atoms. The number of esters is 1. The van der Waals surface area contributed by atoms with Crippen LogP contribution in [0.1, 0.15) is 27.9 Å². The van der Waals surface area contributed by atoms with Gasteiger partial charge in [0.05, 0.1) is 25.1 Å². The molecule has 0 spiro atoms. The van der Waals surface area contributed by atoms with Gasteiger partial charge in [-0.3, -0.25) is 29.6 Å². The highest BCUT2D eigenvalue weighted by Crippen LogP contribution is 2.21.